The topological polar surface area (TPSA) is 117 Å². The summed E-state index contributed by atoms with van der Waals surface area (Å²) in [7, 11) is 0.118. The molecule has 1 amide bonds. The smallest absolute Gasteiger partial charge is 0.262 e. The lowest BCUT2D eigenvalue weighted by Crippen LogP contribution is -2.70. The molecule has 1 saturated heterocycles. The van der Waals surface area contributed by atoms with Crippen molar-refractivity contribution in [2.45, 2.75) is 69.5 Å². The molecular formula is C35H46N2O8Si. The normalized spacial score (nSPS) is 25.6. The zero-order valence-corrected chi connectivity index (χ0v) is 28.7. The first-order chi connectivity index (χ1) is 21.9. The van der Waals surface area contributed by atoms with Crippen LogP contribution in [0.1, 0.15) is 34.6 Å². The molecule has 248 valence electrons. The van der Waals surface area contributed by atoms with Crippen molar-refractivity contribution < 1.29 is 38.0 Å². The number of rotatable bonds is 11. The lowest BCUT2D eigenvalue weighted by Gasteiger charge is -2.53. The van der Waals surface area contributed by atoms with Crippen LogP contribution in [0.3, 0.4) is 0 Å². The van der Waals surface area contributed by atoms with Crippen molar-refractivity contribution in [3.05, 3.63) is 78.9 Å². The molecule has 0 radical (unpaired) electrons. The van der Waals surface area contributed by atoms with E-state index in [1.165, 1.54) is 14.2 Å². The summed E-state index contributed by atoms with van der Waals surface area (Å²) in [6, 6.07) is 26.1. The minimum atomic E-state index is -2.94. The number of hydrogen-bond acceptors (Lipinski definition) is 9. The number of hydrogen-bond donors (Lipinski definition) is 3. The van der Waals surface area contributed by atoms with Gasteiger partial charge in [0.15, 0.2) is 6.61 Å². The lowest BCUT2D eigenvalue weighted by molar-refractivity contribution is -0.454. The van der Waals surface area contributed by atoms with E-state index in [0.717, 1.165) is 10.4 Å². The van der Waals surface area contributed by atoms with Crippen LogP contribution in [0.25, 0.3) is 0 Å². The molecule has 2 aliphatic rings. The van der Waals surface area contributed by atoms with Crippen molar-refractivity contribution >= 4 is 36.0 Å². The van der Waals surface area contributed by atoms with Gasteiger partial charge >= 0.3 is 0 Å². The Kier molecular flexibility index (Phi) is 9.95. The highest BCUT2D eigenvalue weighted by Gasteiger charge is 2.59. The van der Waals surface area contributed by atoms with E-state index in [1.54, 1.807) is 26.0 Å². The van der Waals surface area contributed by atoms with Gasteiger partial charge in [0.25, 0.3) is 14.2 Å². The largest absolute Gasteiger partial charge is 0.482 e. The van der Waals surface area contributed by atoms with Gasteiger partial charge in [0.2, 0.25) is 11.6 Å². The maximum atomic E-state index is 11.8. The van der Waals surface area contributed by atoms with E-state index in [1.807, 2.05) is 42.5 Å². The number of anilines is 2. The third kappa shape index (κ3) is 6.46. The molecule has 10 nitrogen and oxygen atoms in total. The van der Waals surface area contributed by atoms with Crippen LogP contribution in [-0.2, 0) is 28.2 Å². The summed E-state index contributed by atoms with van der Waals surface area (Å²) in [5, 5.41) is 19.7. The quantitative estimate of drug-likeness (QED) is 0.266. The van der Waals surface area contributed by atoms with Gasteiger partial charge in [-0.1, -0.05) is 81.4 Å². The fourth-order valence-electron chi connectivity index (χ4n) is 6.33. The Morgan fingerprint density at radius 1 is 0.957 bits per heavy atom. The van der Waals surface area contributed by atoms with E-state index in [4.69, 9.17) is 28.1 Å². The first-order valence-electron chi connectivity index (χ1n) is 15.6. The van der Waals surface area contributed by atoms with Gasteiger partial charge in [0.05, 0.1) is 12.3 Å². The first-order valence-corrected chi connectivity index (χ1v) is 17.5. The molecule has 3 aromatic rings. The van der Waals surface area contributed by atoms with Crippen LogP contribution in [-0.4, -0.2) is 83.2 Å². The highest BCUT2D eigenvalue weighted by molar-refractivity contribution is 6.99. The van der Waals surface area contributed by atoms with Gasteiger partial charge in [0, 0.05) is 26.5 Å². The van der Waals surface area contributed by atoms with Crippen LogP contribution >= 0.6 is 0 Å². The van der Waals surface area contributed by atoms with Gasteiger partial charge in [-0.15, -0.1) is 0 Å². The van der Waals surface area contributed by atoms with Crippen molar-refractivity contribution in [1.29, 1.82) is 0 Å². The van der Waals surface area contributed by atoms with Crippen LogP contribution in [0.2, 0.25) is 5.04 Å². The molecule has 11 heteroatoms. The standard InChI is InChI=1S/C35H46N2O8Si/c1-33(2,3)46(25-14-10-8-11-15-25,26-16-12-9-13-17-26)43-22-30-32(45-35(5,41-7)34(4,40-6)44-30)28(38)21-36-24-18-19-29-27(20-24)37-31(39)23-42-29/h8-20,28,30,32,36,38H,21-23H2,1-7H3,(H,37,39)/t28-,30+,32+,34-,35-/m0/s1. The third-order valence-corrected chi connectivity index (χ3v) is 14.1. The molecule has 46 heavy (non-hydrogen) atoms. The minimum Gasteiger partial charge on any atom is -0.482 e. The number of carbonyl (C=O) groups excluding carboxylic acids is 1. The third-order valence-electron chi connectivity index (χ3n) is 9.10. The summed E-state index contributed by atoms with van der Waals surface area (Å²) in [6.07, 6.45) is -2.65. The van der Waals surface area contributed by atoms with Crippen LogP contribution in [0, 0.1) is 0 Å². The first kappa shape index (κ1) is 34.1. The number of amides is 1. The Hall–Kier alpha value is -3.29. The van der Waals surface area contributed by atoms with E-state index in [9.17, 15) is 9.90 Å². The molecule has 5 atom stereocenters. The predicted molar refractivity (Wildman–Crippen MR) is 179 cm³/mol. The molecule has 3 aromatic carbocycles. The zero-order chi connectivity index (χ0) is 33.2. The van der Waals surface area contributed by atoms with Crippen molar-refractivity contribution in [2.24, 2.45) is 0 Å². The van der Waals surface area contributed by atoms with Gasteiger partial charge in [-0.25, -0.2) is 0 Å². The second-order valence-electron chi connectivity index (χ2n) is 13.0. The summed E-state index contributed by atoms with van der Waals surface area (Å²) in [6.45, 7) is 10.3. The molecular weight excluding hydrogens is 604 g/mol. The summed E-state index contributed by atoms with van der Waals surface area (Å²) in [4.78, 5) is 11.8. The van der Waals surface area contributed by atoms with E-state index in [2.05, 4.69) is 55.7 Å². The molecule has 2 aliphatic heterocycles. The van der Waals surface area contributed by atoms with Crippen molar-refractivity contribution in [2.75, 3.05) is 44.6 Å². The van der Waals surface area contributed by atoms with Crippen LogP contribution in [0.15, 0.2) is 78.9 Å². The van der Waals surface area contributed by atoms with Gasteiger partial charge in [-0.05, 0) is 47.5 Å². The Morgan fingerprint density at radius 3 is 2.11 bits per heavy atom. The fourth-order valence-corrected chi connectivity index (χ4v) is 10.9. The molecule has 0 spiro atoms. The van der Waals surface area contributed by atoms with Crippen LogP contribution < -0.4 is 25.7 Å². The number of ether oxygens (including phenoxy) is 5. The molecule has 0 aliphatic carbocycles. The Balaban J connectivity index is 1.45. The van der Waals surface area contributed by atoms with Gasteiger partial charge < -0.3 is 43.9 Å². The van der Waals surface area contributed by atoms with Crippen LogP contribution in [0.4, 0.5) is 11.4 Å². The maximum absolute atomic E-state index is 11.8. The zero-order valence-electron chi connectivity index (χ0n) is 27.7. The van der Waals surface area contributed by atoms with Crippen LogP contribution in [0.5, 0.6) is 5.75 Å². The van der Waals surface area contributed by atoms with E-state index in [0.29, 0.717) is 17.1 Å². The SMILES string of the molecule is CO[C@@]1(C)O[C@H]([C@@H](O)CNc2ccc3c(c2)NC(=O)CO3)[C@@H](CO[Si](c2ccccc2)(c2ccccc2)C(C)(C)C)O[C@]1(C)OC. The molecule has 5 rings (SSSR count). The molecule has 3 N–H and O–H groups in total. The molecule has 0 unspecified atom stereocenters. The number of nitrogens with one attached hydrogen (secondary N) is 2. The summed E-state index contributed by atoms with van der Waals surface area (Å²) in [5.74, 6) is -2.28. The molecule has 0 aromatic heterocycles. The van der Waals surface area contributed by atoms with Gasteiger partial charge in [0.1, 0.15) is 24.1 Å². The van der Waals surface area contributed by atoms with Crippen molar-refractivity contribution in [3.63, 3.8) is 0 Å². The summed E-state index contributed by atoms with van der Waals surface area (Å²) in [5.41, 5.74) is 1.25. The number of methoxy groups -OCH3 is 2. The fraction of sp³-hybridized carbons (Fsp3) is 0.457. The van der Waals surface area contributed by atoms with Gasteiger partial charge in [-0.3, -0.25) is 4.79 Å². The number of carbonyl (C=O) groups is 1. The van der Waals surface area contributed by atoms with E-state index in [-0.39, 0.29) is 30.7 Å². The molecule has 0 bridgehead atoms. The Morgan fingerprint density at radius 2 is 1.54 bits per heavy atom. The lowest BCUT2D eigenvalue weighted by atomic mass is 10.0. The highest BCUT2D eigenvalue weighted by atomic mass is 28.4. The average molecular weight is 651 g/mol. The molecule has 0 saturated carbocycles. The van der Waals surface area contributed by atoms with Crippen molar-refractivity contribution in [1.82, 2.24) is 0 Å². The van der Waals surface area contributed by atoms with Gasteiger partial charge in [-0.2, -0.15) is 0 Å². The maximum Gasteiger partial charge on any atom is 0.262 e. The number of aliphatic hydroxyl groups is 1. The number of fused-ring (bicyclic) bond motifs is 1. The Labute approximate surface area is 272 Å². The monoisotopic (exact) mass is 650 g/mol. The average Bonchev–Trinajstić information content (AvgIpc) is 3.05. The summed E-state index contributed by atoms with van der Waals surface area (Å²) < 4.78 is 37.5. The Bertz CT molecular complexity index is 1450. The van der Waals surface area contributed by atoms with Crippen molar-refractivity contribution in [3.8, 4) is 5.75 Å². The highest BCUT2D eigenvalue weighted by Crippen LogP contribution is 2.42. The second kappa shape index (κ2) is 13.4. The van der Waals surface area contributed by atoms with E-state index >= 15 is 0 Å². The minimum absolute atomic E-state index is 0.0203. The second-order valence-corrected chi connectivity index (χ2v) is 17.3. The predicted octanol–water partition coefficient (Wildman–Crippen LogP) is 3.88. The molecule has 1 fully saturated rings. The number of aliphatic hydroxyl groups excluding tert-OH is 1. The molecule has 2 heterocycles. The van der Waals surface area contributed by atoms with E-state index < -0.39 is 38.2 Å². The number of benzene rings is 3. The summed E-state index contributed by atoms with van der Waals surface area (Å²) >= 11 is 0.